The molecule has 2 aromatic carbocycles. The van der Waals surface area contributed by atoms with E-state index in [0.29, 0.717) is 6.54 Å². The molecule has 3 nitrogen and oxygen atoms in total. The fraction of sp³-hybridized carbons (Fsp3) is 0.200. The molecule has 2 aromatic rings. The van der Waals surface area contributed by atoms with Crippen LogP contribution in [0, 0.1) is 6.92 Å². The molecule has 0 aliphatic rings. The summed E-state index contributed by atoms with van der Waals surface area (Å²) in [7, 11) is 1.68. The van der Waals surface area contributed by atoms with Crippen molar-refractivity contribution in [1.29, 1.82) is 0 Å². The number of nitrogens with one attached hydrogen (secondary N) is 1. The van der Waals surface area contributed by atoms with Gasteiger partial charge in [-0.25, -0.2) is 0 Å². The van der Waals surface area contributed by atoms with Crippen molar-refractivity contribution in [3.63, 3.8) is 0 Å². The van der Waals surface area contributed by atoms with Crippen LogP contribution in [0.15, 0.2) is 42.5 Å². The van der Waals surface area contributed by atoms with Gasteiger partial charge in [0.25, 0.3) is 0 Å². The molecular formula is C15H18N2O. The van der Waals surface area contributed by atoms with Gasteiger partial charge in [-0.3, -0.25) is 0 Å². The highest BCUT2D eigenvalue weighted by Crippen LogP contribution is 2.20. The molecule has 0 amide bonds. The molecule has 0 heterocycles. The van der Waals surface area contributed by atoms with E-state index in [1.54, 1.807) is 7.11 Å². The van der Waals surface area contributed by atoms with Gasteiger partial charge in [0.1, 0.15) is 5.75 Å². The minimum absolute atomic E-state index is 0.715. The normalized spacial score (nSPS) is 10.1. The Balaban J connectivity index is 2.11. The molecule has 2 rings (SSSR count). The highest BCUT2D eigenvalue weighted by atomic mass is 16.5. The van der Waals surface area contributed by atoms with Crippen molar-refractivity contribution in [3.8, 4) is 5.75 Å². The minimum atomic E-state index is 0.715. The van der Waals surface area contributed by atoms with E-state index in [-0.39, 0.29) is 0 Å². The lowest BCUT2D eigenvalue weighted by Gasteiger charge is -2.11. The molecule has 18 heavy (non-hydrogen) atoms. The van der Waals surface area contributed by atoms with E-state index in [0.717, 1.165) is 28.3 Å². The number of nitrogens with two attached hydrogens (primary N) is 1. The molecule has 0 aliphatic carbocycles. The Morgan fingerprint density at radius 1 is 1.17 bits per heavy atom. The zero-order valence-electron chi connectivity index (χ0n) is 10.7. The third-order valence-corrected chi connectivity index (χ3v) is 2.78. The Bertz CT molecular complexity index is 518. The van der Waals surface area contributed by atoms with Crippen LogP contribution in [0.5, 0.6) is 5.75 Å². The summed E-state index contributed by atoms with van der Waals surface area (Å²) in [6.45, 7) is 2.75. The molecule has 0 saturated heterocycles. The number of benzene rings is 2. The maximum Gasteiger partial charge on any atom is 0.123 e. The Morgan fingerprint density at radius 3 is 2.67 bits per heavy atom. The van der Waals surface area contributed by atoms with Crippen molar-refractivity contribution < 1.29 is 4.74 Å². The first-order valence-corrected chi connectivity index (χ1v) is 5.92. The molecule has 0 fully saturated rings. The number of ether oxygens (including phenoxy) is 1. The maximum absolute atomic E-state index is 5.82. The van der Waals surface area contributed by atoms with Crippen molar-refractivity contribution in [2.45, 2.75) is 13.5 Å². The van der Waals surface area contributed by atoms with E-state index in [4.69, 9.17) is 10.5 Å². The third-order valence-electron chi connectivity index (χ3n) is 2.78. The molecule has 0 aliphatic heterocycles. The smallest absolute Gasteiger partial charge is 0.123 e. The van der Waals surface area contributed by atoms with Gasteiger partial charge in [-0.2, -0.15) is 0 Å². The summed E-state index contributed by atoms with van der Waals surface area (Å²) in [5.41, 5.74) is 9.90. The molecule has 0 bridgehead atoms. The number of methoxy groups -OCH3 is 1. The van der Waals surface area contributed by atoms with Gasteiger partial charge < -0.3 is 15.8 Å². The molecule has 0 saturated carbocycles. The van der Waals surface area contributed by atoms with Crippen LogP contribution in [0.25, 0.3) is 0 Å². The second kappa shape index (κ2) is 5.45. The van der Waals surface area contributed by atoms with Crippen LogP contribution in [0.3, 0.4) is 0 Å². The molecule has 0 radical (unpaired) electrons. The number of rotatable bonds is 4. The lowest BCUT2D eigenvalue weighted by atomic mass is 10.1. The first kappa shape index (κ1) is 12.3. The van der Waals surface area contributed by atoms with Crippen molar-refractivity contribution in [2.75, 3.05) is 18.2 Å². The summed E-state index contributed by atoms with van der Waals surface area (Å²) >= 11 is 0. The van der Waals surface area contributed by atoms with Gasteiger partial charge in [0.05, 0.1) is 7.11 Å². The summed E-state index contributed by atoms with van der Waals surface area (Å²) in [6, 6.07) is 13.9. The van der Waals surface area contributed by atoms with Crippen molar-refractivity contribution >= 4 is 11.4 Å². The number of anilines is 2. The van der Waals surface area contributed by atoms with Gasteiger partial charge in [-0.05, 0) is 36.8 Å². The fourth-order valence-corrected chi connectivity index (χ4v) is 1.96. The van der Waals surface area contributed by atoms with E-state index >= 15 is 0 Å². The molecule has 94 valence electrons. The predicted octanol–water partition coefficient (Wildman–Crippen LogP) is 3.20. The average Bonchev–Trinajstić information content (AvgIpc) is 2.35. The van der Waals surface area contributed by atoms with Gasteiger partial charge in [0.2, 0.25) is 0 Å². The van der Waals surface area contributed by atoms with Crippen LogP contribution in [0.1, 0.15) is 11.1 Å². The summed E-state index contributed by atoms with van der Waals surface area (Å²) in [6.07, 6.45) is 0. The molecule has 0 spiro atoms. The molecule has 0 aromatic heterocycles. The van der Waals surface area contributed by atoms with Crippen molar-refractivity contribution in [1.82, 2.24) is 0 Å². The Morgan fingerprint density at radius 2 is 1.94 bits per heavy atom. The number of hydrogen-bond acceptors (Lipinski definition) is 3. The summed E-state index contributed by atoms with van der Waals surface area (Å²) in [5, 5.41) is 3.36. The fourth-order valence-electron chi connectivity index (χ4n) is 1.96. The standard InChI is InChI=1S/C15H18N2O/c1-11-7-13(16)9-14(8-11)17-10-12-5-3-4-6-15(12)18-2/h3-9,17H,10,16H2,1-2H3. The Labute approximate surface area is 108 Å². The number of aryl methyl sites for hydroxylation is 1. The Hall–Kier alpha value is -2.16. The zero-order valence-corrected chi connectivity index (χ0v) is 10.7. The third kappa shape index (κ3) is 2.94. The van der Waals surface area contributed by atoms with Gasteiger partial charge in [0, 0.05) is 23.5 Å². The summed E-state index contributed by atoms with van der Waals surface area (Å²) < 4.78 is 5.32. The quantitative estimate of drug-likeness (QED) is 0.809. The average molecular weight is 242 g/mol. The largest absolute Gasteiger partial charge is 0.496 e. The molecule has 0 unspecified atom stereocenters. The lowest BCUT2D eigenvalue weighted by molar-refractivity contribution is 0.410. The number of para-hydroxylation sites is 1. The van der Waals surface area contributed by atoms with E-state index in [1.165, 1.54) is 0 Å². The minimum Gasteiger partial charge on any atom is -0.496 e. The van der Waals surface area contributed by atoms with Gasteiger partial charge in [-0.15, -0.1) is 0 Å². The molecule has 3 N–H and O–H groups in total. The van der Waals surface area contributed by atoms with Crippen LogP contribution < -0.4 is 15.8 Å². The maximum atomic E-state index is 5.82. The van der Waals surface area contributed by atoms with Crippen LogP contribution in [-0.4, -0.2) is 7.11 Å². The highest BCUT2D eigenvalue weighted by Gasteiger charge is 2.01. The summed E-state index contributed by atoms with van der Waals surface area (Å²) in [4.78, 5) is 0. The zero-order chi connectivity index (χ0) is 13.0. The molecule has 0 atom stereocenters. The van der Waals surface area contributed by atoms with E-state index in [2.05, 4.69) is 11.4 Å². The summed E-state index contributed by atoms with van der Waals surface area (Å²) in [5.74, 6) is 0.894. The van der Waals surface area contributed by atoms with Crippen LogP contribution in [-0.2, 0) is 6.54 Å². The molecule has 3 heteroatoms. The van der Waals surface area contributed by atoms with Crippen LogP contribution in [0.2, 0.25) is 0 Å². The SMILES string of the molecule is COc1ccccc1CNc1cc(C)cc(N)c1. The topological polar surface area (TPSA) is 47.3 Å². The van der Waals surface area contributed by atoms with Crippen LogP contribution >= 0.6 is 0 Å². The second-order valence-corrected chi connectivity index (χ2v) is 4.30. The van der Waals surface area contributed by atoms with Crippen molar-refractivity contribution in [2.24, 2.45) is 0 Å². The Kier molecular flexibility index (Phi) is 3.72. The van der Waals surface area contributed by atoms with Gasteiger partial charge in [0.15, 0.2) is 0 Å². The molecular weight excluding hydrogens is 224 g/mol. The first-order valence-electron chi connectivity index (χ1n) is 5.92. The van der Waals surface area contributed by atoms with E-state index in [9.17, 15) is 0 Å². The first-order chi connectivity index (χ1) is 8.69. The van der Waals surface area contributed by atoms with Gasteiger partial charge >= 0.3 is 0 Å². The second-order valence-electron chi connectivity index (χ2n) is 4.30. The van der Waals surface area contributed by atoms with Gasteiger partial charge in [-0.1, -0.05) is 18.2 Å². The van der Waals surface area contributed by atoms with E-state index in [1.807, 2.05) is 43.3 Å². The highest BCUT2D eigenvalue weighted by molar-refractivity contribution is 5.57. The predicted molar refractivity (Wildman–Crippen MR) is 75.9 cm³/mol. The monoisotopic (exact) mass is 242 g/mol. The van der Waals surface area contributed by atoms with Crippen LogP contribution in [0.4, 0.5) is 11.4 Å². The van der Waals surface area contributed by atoms with E-state index < -0.39 is 0 Å². The lowest BCUT2D eigenvalue weighted by Crippen LogP contribution is -2.02. The van der Waals surface area contributed by atoms with Crippen molar-refractivity contribution in [3.05, 3.63) is 53.6 Å². The number of nitrogen functional groups attached to an aromatic ring is 1. The number of hydrogen-bond donors (Lipinski definition) is 2.